The highest BCUT2D eigenvalue weighted by molar-refractivity contribution is 7.07. The third-order valence-electron chi connectivity index (χ3n) is 4.21. The molecule has 1 saturated heterocycles. The zero-order chi connectivity index (χ0) is 17.8. The first-order chi connectivity index (χ1) is 12.1. The summed E-state index contributed by atoms with van der Waals surface area (Å²) in [7, 11) is 0. The topological polar surface area (TPSA) is 60.8 Å². The molecule has 1 unspecified atom stereocenters. The van der Waals surface area contributed by atoms with Crippen molar-refractivity contribution >= 4 is 17.2 Å². The van der Waals surface area contributed by atoms with Crippen molar-refractivity contribution in [2.75, 3.05) is 19.7 Å². The summed E-state index contributed by atoms with van der Waals surface area (Å²) in [5, 5.41) is 1.77. The van der Waals surface area contributed by atoms with E-state index in [9.17, 15) is 9.59 Å². The summed E-state index contributed by atoms with van der Waals surface area (Å²) in [5.41, 5.74) is 0.820. The molecule has 0 radical (unpaired) electrons. The van der Waals surface area contributed by atoms with Gasteiger partial charge in [-0.3, -0.25) is 14.2 Å². The second-order valence-electron chi connectivity index (χ2n) is 5.98. The molecule has 2 aromatic rings. The largest absolute Gasteiger partial charge is 0.490 e. The molecule has 0 N–H and O–H groups in total. The van der Waals surface area contributed by atoms with Gasteiger partial charge in [-0.05, 0) is 26.0 Å². The normalized spacial score (nSPS) is 16.9. The van der Waals surface area contributed by atoms with E-state index < -0.39 is 0 Å². The van der Waals surface area contributed by atoms with Crippen molar-refractivity contribution in [2.24, 2.45) is 0 Å². The highest BCUT2D eigenvalue weighted by Crippen LogP contribution is 2.29. The Labute approximate surface area is 150 Å². The minimum Gasteiger partial charge on any atom is -0.490 e. The van der Waals surface area contributed by atoms with Crippen molar-refractivity contribution in [2.45, 2.75) is 32.9 Å². The molecule has 7 heteroatoms. The molecular formula is C18H22N2O4S. The van der Waals surface area contributed by atoms with E-state index in [0.29, 0.717) is 25.4 Å². The predicted octanol–water partition coefficient (Wildman–Crippen LogP) is 2.30. The van der Waals surface area contributed by atoms with E-state index in [1.54, 1.807) is 10.3 Å². The molecule has 1 aliphatic heterocycles. The number of aryl methyl sites for hydroxylation is 1. The average molecular weight is 362 g/mol. The molecule has 0 bridgehead atoms. The van der Waals surface area contributed by atoms with Crippen LogP contribution in [0.4, 0.5) is 0 Å². The average Bonchev–Trinajstić information content (AvgIpc) is 3.19. The van der Waals surface area contributed by atoms with Gasteiger partial charge in [-0.25, -0.2) is 0 Å². The molecule has 0 spiro atoms. The van der Waals surface area contributed by atoms with E-state index in [0.717, 1.165) is 29.2 Å². The van der Waals surface area contributed by atoms with Gasteiger partial charge in [0.05, 0.1) is 13.2 Å². The number of carbonyl (C=O) groups is 1. The molecule has 134 valence electrons. The van der Waals surface area contributed by atoms with E-state index in [1.807, 2.05) is 38.1 Å². The number of nitrogens with zero attached hydrogens (tertiary/aromatic N) is 2. The van der Waals surface area contributed by atoms with Crippen molar-refractivity contribution in [3.8, 4) is 11.5 Å². The first-order valence-electron chi connectivity index (χ1n) is 8.39. The summed E-state index contributed by atoms with van der Waals surface area (Å²) in [6, 6.07) is 7.57. The van der Waals surface area contributed by atoms with Crippen molar-refractivity contribution in [1.82, 2.24) is 9.47 Å². The molecule has 0 saturated carbocycles. The van der Waals surface area contributed by atoms with Gasteiger partial charge in [-0.2, -0.15) is 0 Å². The molecule has 3 rings (SSSR count). The third-order valence-corrected chi connectivity index (χ3v) is 5.09. The number of thiazole rings is 1. The smallest absolute Gasteiger partial charge is 0.307 e. The van der Waals surface area contributed by atoms with Gasteiger partial charge >= 0.3 is 4.87 Å². The maximum Gasteiger partial charge on any atom is 0.307 e. The van der Waals surface area contributed by atoms with Gasteiger partial charge in [0.2, 0.25) is 5.91 Å². The summed E-state index contributed by atoms with van der Waals surface area (Å²) >= 11 is 1.12. The third kappa shape index (κ3) is 4.04. The van der Waals surface area contributed by atoms with Crippen LogP contribution in [-0.2, 0) is 11.3 Å². The molecule has 2 heterocycles. The molecule has 1 fully saturated rings. The molecule has 25 heavy (non-hydrogen) atoms. The first kappa shape index (κ1) is 17.5. The number of benzene rings is 1. The van der Waals surface area contributed by atoms with Gasteiger partial charge in [-0.1, -0.05) is 23.5 Å². The van der Waals surface area contributed by atoms with Crippen LogP contribution in [0.1, 0.15) is 19.0 Å². The van der Waals surface area contributed by atoms with Crippen LogP contribution in [-0.4, -0.2) is 41.2 Å². The maximum absolute atomic E-state index is 12.5. The van der Waals surface area contributed by atoms with Gasteiger partial charge in [0.15, 0.2) is 11.5 Å². The number of aromatic nitrogens is 1. The Morgan fingerprint density at radius 2 is 2.08 bits per heavy atom. The Balaban J connectivity index is 1.60. The molecule has 0 aliphatic carbocycles. The Morgan fingerprint density at radius 3 is 2.76 bits per heavy atom. The molecule has 1 aliphatic rings. The van der Waals surface area contributed by atoms with Crippen LogP contribution in [0.5, 0.6) is 11.5 Å². The number of hydrogen-bond donors (Lipinski definition) is 0. The predicted molar refractivity (Wildman–Crippen MR) is 96.5 cm³/mol. The maximum atomic E-state index is 12.5. The van der Waals surface area contributed by atoms with E-state index in [2.05, 4.69) is 0 Å². The second kappa shape index (κ2) is 7.74. The number of para-hydroxylation sites is 2. The first-order valence-corrected chi connectivity index (χ1v) is 9.27. The molecule has 1 atom stereocenters. The standard InChI is InChI=1S/C18H22N2O4S/c1-3-23-15-6-4-5-7-16(15)24-14-8-9-19(10-14)17(21)11-20-13(2)12-25-18(20)22/h4-7,12,14H,3,8-11H2,1-2H3. The number of hydrogen-bond acceptors (Lipinski definition) is 5. The summed E-state index contributed by atoms with van der Waals surface area (Å²) in [6.45, 7) is 5.60. The molecule has 6 nitrogen and oxygen atoms in total. The summed E-state index contributed by atoms with van der Waals surface area (Å²) in [4.78, 5) is 25.9. The highest BCUT2D eigenvalue weighted by atomic mass is 32.1. The second-order valence-corrected chi connectivity index (χ2v) is 6.80. The number of carbonyl (C=O) groups excluding carboxylic acids is 1. The van der Waals surface area contributed by atoms with Crippen LogP contribution < -0.4 is 14.3 Å². The molecule has 1 aromatic carbocycles. The fourth-order valence-corrected chi connectivity index (χ4v) is 3.62. The van der Waals surface area contributed by atoms with Crippen molar-refractivity contribution < 1.29 is 14.3 Å². The molecule has 1 amide bonds. The van der Waals surface area contributed by atoms with Gasteiger partial charge in [0.1, 0.15) is 12.6 Å². The van der Waals surface area contributed by atoms with Crippen LogP contribution in [0.15, 0.2) is 34.4 Å². The van der Waals surface area contributed by atoms with E-state index in [-0.39, 0.29) is 23.4 Å². The van der Waals surface area contributed by atoms with Crippen molar-refractivity contribution in [3.63, 3.8) is 0 Å². The van der Waals surface area contributed by atoms with Crippen LogP contribution >= 0.6 is 11.3 Å². The van der Waals surface area contributed by atoms with Gasteiger partial charge in [0, 0.05) is 24.0 Å². The van der Waals surface area contributed by atoms with Crippen molar-refractivity contribution in [1.29, 1.82) is 0 Å². The quantitative estimate of drug-likeness (QED) is 0.791. The van der Waals surface area contributed by atoms with Crippen LogP contribution in [0.3, 0.4) is 0 Å². The zero-order valence-corrected chi connectivity index (χ0v) is 15.3. The van der Waals surface area contributed by atoms with Gasteiger partial charge < -0.3 is 14.4 Å². The van der Waals surface area contributed by atoms with Crippen molar-refractivity contribution in [3.05, 3.63) is 45.0 Å². The number of rotatable bonds is 6. The Hall–Kier alpha value is -2.28. The SMILES string of the molecule is CCOc1ccccc1OC1CCN(C(=O)Cn2c(C)csc2=O)C1. The minimum atomic E-state index is -0.0940. The van der Waals surface area contributed by atoms with Gasteiger partial charge in [0.25, 0.3) is 0 Å². The molecule has 1 aromatic heterocycles. The zero-order valence-electron chi connectivity index (χ0n) is 14.4. The monoisotopic (exact) mass is 362 g/mol. The van der Waals surface area contributed by atoms with E-state index in [1.165, 1.54) is 4.57 Å². The lowest BCUT2D eigenvalue weighted by Crippen LogP contribution is -2.35. The molecular weight excluding hydrogens is 340 g/mol. The highest BCUT2D eigenvalue weighted by Gasteiger charge is 2.28. The summed E-state index contributed by atoms with van der Waals surface area (Å²) < 4.78 is 13.1. The fraction of sp³-hybridized carbons (Fsp3) is 0.444. The number of likely N-dealkylation sites (tertiary alicyclic amines) is 1. The summed E-state index contributed by atoms with van der Waals surface area (Å²) in [5.74, 6) is 1.37. The Bertz CT molecular complexity index is 798. The van der Waals surface area contributed by atoms with E-state index >= 15 is 0 Å². The van der Waals surface area contributed by atoms with E-state index in [4.69, 9.17) is 9.47 Å². The van der Waals surface area contributed by atoms with Crippen LogP contribution in [0.25, 0.3) is 0 Å². The lowest BCUT2D eigenvalue weighted by molar-refractivity contribution is -0.131. The minimum absolute atomic E-state index is 0.0483. The Morgan fingerprint density at radius 1 is 1.32 bits per heavy atom. The fourth-order valence-electron chi connectivity index (χ4n) is 2.88. The number of ether oxygens (including phenoxy) is 2. The van der Waals surface area contributed by atoms with Crippen LogP contribution in [0.2, 0.25) is 0 Å². The Kier molecular flexibility index (Phi) is 5.43. The summed E-state index contributed by atoms with van der Waals surface area (Å²) in [6.07, 6.45) is 0.704. The van der Waals surface area contributed by atoms with Crippen LogP contribution in [0, 0.1) is 6.92 Å². The lowest BCUT2D eigenvalue weighted by Gasteiger charge is -2.19. The van der Waals surface area contributed by atoms with Gasteiger partial charge in [-0.15, -0.1) is 0 Å². The lowest BCUT2D eigenvalue weighted by atomic mass is 10.3. The number of amides is 1.